The van der Waals surface area contributed by atoms with Crippen LogP contribution in [0.25, 0.3) is 0 Å². The summed E-state index contributed by atoms with van der Waals surface area (Å²) in [4.78, 5) is 11.1. The highest BCUT2D eigenvalue weighted by Crippen LogP contribution is 2.36. The van der Waals surface area contributed by atoms with Crippen LogP contribution in [-0.2, 0) is 9.53 Å². The molecule has 0 aromatic heterocycles. The van der Waals surface area contributed by atoms with Gasteiger partial charge in [-0.25, -0.2) is 4.79 Å². The maximum atomic E-state index is 13.7. The first-order chi connectivity index (χ1) is 8.30. The van der Waals surface area contributed by atoms with Gasteiger partial charge in [0.1, 0.15) is 11.8 Å². The lowest BCUT2D eigenvalue weighted by Crippen LogP contribution is -2.41. The summed E-state index contributed by atoms with van der Waals surface area (Å²) in [5, 5.41) is 9.49. The van der Waals surface area contributed by atoms with Crippen LogP contribution in [0.15, 0.2) is 22.7 Å². The number of hydrogen-bond acceptors (Lipinski definition) is 4. The standard InChI is InChI=1S/C11H12BrF2NO3.ClH/c1-2-18-10(17)11(13,14)9(15)7-5-6(12)3-4-8(7)16;/h3-5,9,16H,2,15H2,1H3;1H/t9-;/m1./s1. The summed E-state index contributed by atoms with van der Waals surface area (Å²) in [6.45, 7) is 1.24. The minimum absolute atomic E-state index is 0. The number of benzene rings is 1. The molecule has 0 saturated carbocycles. The molecule has 1 aromatic carbocycles. The molecule has 0 unspecified atom stereocenters. The second-order valence-corrected chi connectivity index (χ2v) is 4.44. The van der Waals surface area contributed by atoms with Gasteiger partial charge < -0.3 is 15.6 Å². The average molecular weight is 361 g/mol. The molecule has 0 aliphatic carbocycles. The molecule has 0 bridgehead atoms. The van der Waals surface area contributed by atoms with Gasteiger partial charge in [-0.3, -0.25) is 0 Å². The largest absolute Gasteiger partial charge is 0.508 e. The molecular weight excluding hydrogens is 347 g/mol. The van der Waals surface area contributed by atoms with Crippen molar-refractivity contribution in [1.29, 1.82) is 0 Å². The van der Waals surface area contributed by atoms with Crippen LogP contribution in [0.3, 0.4) is 0 Å². The van der Waals surface area contributed by atoms with Crippen molar-refractivity contribution in [2.24, 2.45) is 5.73 Å². The zero-order valence-corrected chi connectivity index (χ0v) is 12.3. The fraction of sp³-hybridized carbons (Fsp3) is 0.364. The molecule has 4 nitrogen and oxygen atoms in total. The molecule has 0 amide bonds. The van der Waals surface area contributed by atoms with Gasteiger partial charge in [0.15, 0.2) is 0 Å². The number of alkyl halides is 2. The molecule has 3 N–H and O–H groups in total. The van der Waals surface area contributed by atoms with E-state index in [9.17, 15) is 18.7 Å². The van der Waals surface area contributed by atoms with E-state index >= 15 is 0 Å². The zero-order valence-electron chi connectivity index (χ0n) is 9.90. The number of phenolic OH excluding ortho intramolecular Hbond substituents is 1. The first-order valence-electron chi connectivity index (χ1n) is 5.09. The molecule has 0 fully saturated rings. The van der Waals surface area contributed by atoms with Crippen LogP contribution in [0.5, 0.6) is 5.75 Å². The Kier molecular flexibility index (Phi) is 6.68. The Morgan fingerprint density at radius 2 is 2.16 bits per heavy atom. The molecule has 1 atom stereocenters. The summed E-state index contributed by atoms with van der Waals surface area (Å²) in [7, 11) is 0. The summed E-state index contributed by atoms with van der Waals surface area (Å²) in [6, 6.07) is 1.93. The summed E-state index contributed by atoms with van der Waals surface area (Å²) in [5.41, 5.74) is 5.11. The second kappa shape index (κ2) is 7.02. The number of hydrogen-bond donors (Lipinski definition) is 2. The Morgan fingerprint density at radius 1 is 1.58 bits per heavy atom. The normalized spacial score (nSPS) is 12.5. The number of halogens is 4. The SMILES string of the molecule is CCOC(=O)C(F)(F)[C@H](N)c1cc(Br)ccc1O.Cl. The number of aromatic hydroxyl groups is 1. The Morgan fingerprint density at radius 3 is 2.68 bits per heavy atom. The number of carbonyl (C=O) groups excluding carboxylic acids is 1. The summed E-state index contributed by atoms with van der Waals surface area (Å²) < 4.78 is 32.1. The van der Waals surface area contributed by atoms with E-state index in [1.165, 1.54) is 25.1 Å². The summed E-state index contributed by atoms with van der Waals surface area (Å²) in [6.07, 6.45) is 0. The van der Waals surface area contributed by atoms with Crippen molar-refractivity contribution in [2.75, 3.05) is 6.61 Å². The van der Waals surface area contributed by atoms with Crippen molar-refractivity contribution in [3.8, 4) is 5.75 Å². The van der Waals surface area contributed by atoms with Gasteiger partial charge in [0.25, 0.3) is 0 Å². The Hall–Kier alpha value is -0.920. The van der Waals surface area contributed by atoms with E-state index < -0.39 is 23.7 Å². The second-order valence-electron chi connectivity index (χ2n) is 3.52. The van der Waals surface area contributed by atoms with Crippen LogP contribution in [-0.4, -0.2) is 23.6 Å². The topological polar surface area (TPSA) is 72.5 Å². The highest BCUT2D eigenvalue weighted by molar-refractivity contribution is 9.10. The predicted octanol–water partition coefficient (Wildman–Crippen LogP) is 2.77. The van der Waals surface area contributed by atoms with Crippen molar-refractivity contribution in [1.82, 2.24) is 0 Å². The average Bonchev–Trinajstić information content (AvgIpc) is 2.31. The highest BCUT2D eigenvalue weighted by atomic mass is 79.9. The van der Waals surface area contributed by atoms with Gasteiger partial charge in [0, 0.05) is 10.0 Å². The van der Waals surface area contributed by atoms with E-state index in [4.69, 9.17) is 5.73 Å². The smallest absolute Gasteiger partial charge is 0.379 e. The van der Waals surface area contributed by atoms with Gasteiger partial charge in [-0.05, 0) is 25.1 Å². The molecule has 0 heterocycles. The van der Waals surface area contributed by atoms with E-state index in [1.807, 2.05) is 0 Å². The lowest BCUT2D eigenvalue weighted by Gasteiger charge is -2.22. The maximum Gasteiger partial charge on any atom is 0.379 e. The van der Waals surface area contributed by atoms with Crippen LogP contribution in [0, 0.1) is 0 Å². The van der Waals surface area contributed by atoms with E-state index in [1.54, 1.807) is 0 Å². The molecule has 0 saturated heterocycles. The van der Waals surface area contributed by atoms with Gasteiger partial charge in [-0.2, -0.15) is 8.78 Å². The summed E-state index contributed by atoms with van der Waals surface area (Å²) >= 11 is 3.07. The van der Waals surface area contributed by atoms with Crippen LogP contribution < -0.4 is 5.73 Å². The predicted molar refractivity (Wildman–Crippen MR) is 71.6 cm³/mol. The van der Waals surface area contributed by atoms with Crippen molar-refractivity contribution in [2.45, 2.75) is 18.9 Å². The third-order valence-electron chi connectivity index (χ3n) is 2.26. The maximum absolute atomic E-state index is 13.7. The number of nitrogens with two attached hydrogens (primary N) is 1. The zero-order chi connectivity index (χ0) is 13.9. The molecule has 108 valence electrons. The summed E-state index contributed by atoms with van der Waals surface area (Å²) in [5.74, 6) is -6.03. The van der Waals surface area contributed by atoms with E-state index in [0.29, 0.717) is 4.47 Å². The fourth-order valence-electron chi connectivity index (χ4n) is 1.32. The number of carbonyl (C=O) groups is 1. The van der Waals surface area contributed by atoms with E-state index in [2.05, 4.69) is 20.7 Å². The molecule has 0 spiro atoms. The Balaban J connectivity index is 0.00000324. The molecular formula is C11H13BrClF2NO3. The van der Waals surface area contributed by atoms with E-state index in [-0.39, 0.29) is 24.6 Å². The lowest BCUT2D eigenvalue weighted by molar-refractivity contribution is -0.174. The van der Waals surface area contributed by atoms with Crippen molar-refractivity contribution in [3.63, 3.8) is 0 Å². The molecule has 0 aliphatic heterocycles. The van der Waals surface area contributed by atoms with Crippen LogP contribution in [0.1, 0.15) is 18.5 Å². The van der Waals surface area contributed by atoms with Crippen molar-refractivity contribution in [3.05, 3.63) is 28.2 Å². The molecule has 1 aromatic rings. The first-order valence-corrected chi connectivity index (χ1v) is 5.89. The van der Waals surface area contributed by atoms with Crippen molar-refractivity contribution >= 4 is 34.3 Å². The number of esters is 1. The Labute approximate surface area is 123 Å². The van der Waals surface area contributed by atoms with Gasteiger partial charge in [-0.1, -0.05) is 15.9 Å². The quantitative estimate of drug-likeness (QED) is 0.810. The van der Waals surface area contributed by atoms with Crippen LogP contribution >= 0.6 is 28.3 Å². The third kappa shape index (κ3) is 4.02. The number of phenols is 1. The van der Waals surface area contributed by atoms with Crippen LogP contribution in [0.2, 0.25) is 0 Å². The van der Waals surface area contributed by atoms with Gasteiger partial charge in [0.2, 0.25) is 0 Å². The van der Waals surface area contributed by atoms with Gasteiger partial charge >= 0.3 is 11.9 Å². The van der Waals surface area contributed by atoms with E-state index in [0.717, 1.165) is 0 Å². The molecule has 8 heteroatoms. The van der Waals surface area contributed by atoms with Crippen molar-refractivity contribution < 1.29 is 23.4 Å². The Bertz CT molecular complexity index is 460. The molecule has 0 radical (unpaired) electrons. The van der Waals surface area contributed by atoms with Crippen LogP contribution in [0.4, 0.5) is 8.78 Å². The number of rotatable bonds is 4. The molecule has 1 rings (SSSR count). The van der Waals surface area contributed by atoms with Gasteiger partial charge in [0.05, 0.1) is 6.61 Å². The monoisotopic (exact) mass is 359 g/mol. The minimum atomic E-state index is -3.91. The number of ether oxygens (including phenoxy) is 1. The van der Waals surface area contributed by atoms with Gasteiger partial charge in [-0.15, -0.1) is 12.4 Å². The fourth-order valence-corrected chi connectivity index (χ4v) is 1.70. The highest BCUT2D eigenvalue weighted by Gasteiger charge is 2.48. The minimum Gasteiger partial charge on any atom is -0.508 e. The lowest BCUT2D eigenvalue weighted by atomic mass is 10.0. The first kappa shape index (κ1) is 18.1. The molecule has 0 aliphatic rings. The third-order valence-corrected chi connectivity index (χ3v) is 2.76. The molecule has 19 heavy (non-hydrogen) atoms.